The van der Waals surface area contributed by atoms with Gasteiger partial charge >= 0.3 is 0 Å². The van der Waals surface area contributed by atoms with Crippen molar-refractivity contribution in [1.82, 2.24) is 15.5 Å². The Kier molecular flexibility index (Phi) is 5.45. The molecule has 1 N–H and O–H groups in total. The van der Waals surface area contributed by atoms with Gasteiger partial charge in [0.05, 0.1) is 6.04 Å². The Hall–Kier alpha value is -1.30. The lowest BCUT2D eigenvalue weighted by Crippen LogP contribution is -2.23. The molecule has 1 unspecified atom stereocenters. The summed E-state index contributed by atoms with van der Waals surface area (Å²) in [5.74, 6) is 0. The molecular weight excluding hydrogens is 282 g/mol. The third kappa shape index (κ3) is 3.87. The van der Waals surface area contributed by atoms with E-state index in [-0.39, 0.29) is 6.04 Å². The fourth-order valence-electron chi connectivity index (χ4n) is 1.96. The van der Waals surface area contributed by atoms with E-state index < -0.39 is 5.60 Å². The van der Waals surface area contributed by atoms with Gasteiger partial charge < -0.3 is 10.1 Å². The molecule has 0 saturated heterocycles. The highest BCUT2D eigenvalue weighted by molar-refractivity contribution is 7.11. The van der Waals surface area contributed by atoms with Crippen molar-refractivity contribution in [3.05, 3.63) is 45.9 Å². The van der Waals surface area contributed by atoms with E-state index in [0.29, 0.717) is 0 Å². The van der Waals surface area contributed by atoms with Crippen LogP contribution < -0.4 is 5.32 Å². The molecule has 0 bridgehead atoms. The summed E-state index contributed by atoms with van der Waals surface area (Å²) in [6.45, 7) is 7.12. The van der Waals surface area contributed by atoms with Crippen LogP contribution in [0.25, 0.3) is 0 Å². The van der Waals surface area contributed by atoms with E-state index in [1.807, 2.05) is 19.9 Å². The van der Waals surface area contributed by atoms with Gasteiger partial charge in [-0.2, -0.15) is 0 Å². The minimum atomic E-state index is -0.401. The van der Waals surface area contributed by atoms with Crippen LogP contribution >= 0.6 is 11.3 Å². The van der Waals surface area contributed by atoms with Crippen LogP contribution in [0.1, 0.15) is 48.8 Å². The molecule has 2 aromatic rings. The zero-order chi connectivity index (χ0) is 15.3. The van der Waals surface area contributed by atoms with Crippen molar-refractivity contribution in [3.63, 3.8) is 0 Å². The van der Waals surface area contributed by atoms with Gasteiger partial charge in [0.25, 0.3) is 0 Å². The highest BCUT2D eigenvalue weighted by atomic mass is 32.1. The van der Waals surface area contributed by atoms with Gasteiger partial charge in [-0.3, -0.25) is 0 Å². The van der Waals surface area contributed by atoms with E-state index in [0.717, 1.165) is 23.0 Å². The lowest BCUT2D eigenvalue weighted by Gasteiger charge is -2.19. The van der Waals surface area contributed by atoms with Crippen molar-refractivity contribution in [3.8, 4) is 0 Å². The van der Waals surface area contributed by atoms with Gasteiger partial charge in [-0.05, 0) is 32.4 Å². The summed E-state index contributed by atoms with van der Waals surface area (Å²) in [6.07, 6.45) is 1.08. The molecule has 0 aliphatic carbocycles. The van der Waals surface area contributed by atoms with Crippen LogP contribution in [0.15, 0.2) is 30.3 Å². The maximum Gasteiger partial charge on any atom is 0.148 e. The van der Waals surface area contributed by atoms with Crippen molar-refractivity contribution in [2.45, 2.75) is 38.8 Å². The quantitative estimate of drug-likeness (QED) is 0.850. The predicted octanol–water partition coefficient (Wildman–Crippen LogP) is 3.51. The van der Waals surface area contributed by atoms with Gasteiger partial charge in [0.15, 0.2) is 0 Å². The van der Waals surface area contributed by atoms with Gasteiger partial charge in [-0.15, -0.1) is 10.2 Å². The summed E-state index contributed by atoms with van der Waals surface area (Å²) in [6, 6.07) is 10.5. The number of hydrogen-bond acceptors (Lipinski definition) is 5. The number of nitrogens with zero attached hydrogens (tertiary/aromatic N) is 2. The van der Waals surface area contributed by atoms with Gasteiger partial charge in [-0.1, -0.05) is 48.6 Å². The molecule has 114 valence electrons. The molecule has 2 rings (SSSR count). The number of ether oxygens (including phenoxy) is 1. The topological polar surface area (TPSA) is 47.0 Å². The van der Waals surface area contributed by atoms with Crippen molar-refractivity contribution in [1.29, 1.82) is 0 Å². The number of aromatic nitrogens is 2. The lowest BCUT2D eigenvalue weighted by atomic mass is 10.1. The van der Waals surface area contributed by atoms with Gasteiger partial charge in [0.1, 0.15) is 15.6 Å². The normalized spacial score (nSPS) is 13.3. The highest BCUT2D eigenvalue weighted by Crippen LogP contribution is 2.31. The van der Waals surface area contributed by atoms with E-state index >= 15 is 0 Å². The molecule has 0 fully saturated rings. The standard InChI is InChI=1S/C16H23N3OS/c1-5-11-17-13(12-9-7-6-8-10-12)14-18-19-15(21-14)16(2,3)20-4/h6-10,13,17H,5,11H2,1-4H3. The molecule has 5 heteroatoms. The number of benzene rings is 1. The summed E-state index contributed by atoms with van der Waals surface area (Å²) in [7, 11) is 1.70. The first-order valence-electron chi connectivity index (χ1n) is 7.26. The smallest absolute Gasteiger partial charge is 0.148 e. The third-order valence-corrected chi connectivity index (χ3v) is 4.74. The average molecular weight is 305 g/mol. The van der Waals surface area contributed by atoms with Crippen molar-refractivity contribution >= 4 is 11.3 Å². The van der Waals surface area contributed by atoms with E-state index in [2.05, 4.69) is 46.7 Å². The summed E-state index contributed by atoms with van der Waals surface area (Å²) < 4.78 is 5.49. The second kappa shape index (κ2) is 7.11. The molecule has 0 aliphatic heterocycles. The molecular formula is C16H23N3OS. The minimum absolute atomic E-state index is 0.0880. The Balaban J connectivity index is 2.29. The summed E-state index contributed by atoms with van der Waals surface area (Å²) in [5, 5.41) is 14.1. The second-order valence-corrected chi connectivity index (χ2v) is 6.47. The summed E-state index contributed by atoms with van der Waals surface area (Å²) in [4.78, 5) is 0. The molecule has 4 nitrogen and oxygen atoms in total. The molecule has 1 heterocycles. The number of rotatable bonds is 7. The maximum absolute atomic E-state index is 5.49. The molecule has 1 aromatic carbocycles. The Bertz CT molecular complexity index is 554. The average Bonchev–Trinajstić information content (AvgIpc) is 2.99. The maximum atomic E-state index is 5.49. The highest BCUT2D eigenvalue weighted by Gasteiger charge is 2.27. The molecule has 0 radical (unpaired) electrons. The molecule has 0 aliphatic rings. The van der Waals surface area contributed by atoms with Crippen LogP contribution in [-0.4, -0.2) is 23.9 Å². The van der Waals surface area contributed by atoms with Crippen LogP contribution in [-0.2, 0) is 10.3 Å². The Morgan fingerprint density at radius 2 is 1.95 bits per heavy atom. The van der Waals surface area contributed by atoms with Crippen LogP contribution in [0.3, 0.4) is 0 Å². The van der Waals surface area contributed by atoms with Crippen molar-refractivity contribution in [2.75, 3.05) is 13.7 Å². The van der Waals surface area contributed by atoms with Crippen LogP contribution in [0.5, 0.6) is 0 Å². The Morgan fingerprint density at radius 3 is 2.57 bits per heavy atom. The molecule has 1 atom stereocenters. The zero-order valence-corrected chi connectivity index (χ0v) is 13.9. The fraction of sp³-hybridized carbons (Fsp3) is 0.500. The molecule has 0 saturated carbocycles. The Labute approximate surface area is 130 Å². The molecule has 0 amide bonds. The van der Waals surface area contributed by atoms with Crippen molar-refractivity contribution < 1.29 is 4.74 Å². The number of nitrogens with one attached hydrogen (secondary N) is 1. The van der Waals surface area contributed by atoms with Gasteiger partial charge in [0.2, 0.25) is 0 Å². The van der Waals surface area contributed by atoms with Gasteiger partial charge in [0, 0.05) is 7.11 Å². The largest absolute Gasteiger partial charge is 0.372 e. The second-order valence-electron chi connectivity index (χ2n) is 5.46. The summed E-state index contributed by atoms with van der Waals surface area (Å²) >= 11 is 1.61. The first-order valence-corrected chi connectivity index (χ1v) is 8.07. The van der Waals surface area contributed by atoms with E-state index in [1.165, 1.54) is 5.56 Å². The lowest BCUT2D eigenvalue weighted by molar-refractivity contribution is 0.0185. The fourth-order valence-corrected chi connectivity index (χ4v) is 2.99. The zero-order valence-electron chi connectivity index (χ0n) is 13.1. The third-order valence-electron chi connectivity index (χ3n) is 3.44. The predicted molar refractivity (Wildman–Crippen MR) is 86.5 cm³/mol. The first-order chi connectivity index (χ1) is 10.1. The molecule has 1 aromatic heterocycles. The Morgan fingerprint density at radius 1 is 1.24 bits per heavy atom. The molecule has 0 spiro atoms. The number of methoxy groups -OCH3 is 1. The minimum Gasteiger partial charge on any atom is -0.372 e. The van der Waals surface area contributed by atoms with Gasteiger partial charge in [-0.25, -0.2) is 0 Å². The van der Waals surface area contributed by atoms with Crippen LogP contribution in [0.4, 0.5) is 0 Å². The monoisotopic (exact) mass is 305 g/mol. The number of hydrogen-bond donors (Lipinski definition) is 1. The first kappa shape index (κ1) is 16.1. The van der Waals surface area contributed by atoms with Crippen LogP contribution in [0.2, 0.25) is 0 Å². The van der Waals surface area contributed by atoms with Crippen LogP contribution in [0, 0.1) is 0 Å². The van der Waals surface area contributed by atoms with Crippen molar-refractivity contribution in [2.24, 2.45) is 0 Å². The SMILES string of the molecule is CCCNC(c1ccccc1)c1nnc(C(C)(C)OC)s1. The van der Waals surface area contributed by atoms with E-state index in [4.69, 9.17) is 4.74 Å². The molecule has 21 heavy (non-hydrogen) atoms. The van der Waals surface area contributed by atoms with E-state index in [9.17, 15) is 0 Å². The summed E-state index contributed by atoms with van der Waals surface area (Å²) in [5.41, 5.74) is 0.811. The van der Waals surface area contributed by atoms with E-state index in [1.54, 1.807) is 18.4 Å².